The summed E-state index contributed by atoms with van der Waals surface area (Å²) in [6.07, 6.45) is 3.42. The van der Waals surface area contributed by atoms with Crippen molar-refractivity contribution < 1.29 is 9.59 Å². The summed E-state index contributed by atoms with van der Waals surface area (Å²) >= 11 is 0. The van der Waals surface area contributed by atoms with E-state index in [1.807, 2.05) is 49.4 Å². The third-order valence-electron chi connectivity index (χ3n) is 4.35. The van der Waals surface area contributed by atoms with Crippen molar-refractivity contribution in [2.24, 2.45) is 0 Å². The maximum atomic E-state index is 12.1. The lowest BCUT2D eigenvalue weighted by atomic mass is 10.1. The van der Waals surface area contributed by atoms with Crippen LogP contribution in [0.1, 0.15) is 33.5 Å². The fourth-order valence-electron chi connectivity index (χ4n) is 2.77. The maximum absolute atomic E-state index is 12.1. The lowest BCUT2D eigenvalue weighted by molar-refractivity contribution is -0.121. The topological polar surface area (TPSA) is 88.9 Å². The Bertz CT molecular complexity index is 920. The molecule has 28 heavy (non-hydrogen) atoms. The molecule has 0 spiro atoms. The van der Waals surface area contributed by atoms with Gasteiger partial charge in [-0.05, 0) is 29.7 Å². The number of nitrogens with zero attached hydrogens (tertiary/aromatic N) is 3. The molecule has 144 valence electrons. The molecule has 0 bridgehead atoms. The summed E-state index contributed by atoms with van der Waals surface area (Å²) in [6, 6.07) is 15.3. The fourth-order valence-corrected chi connectivity index (χ4v) is 2.77. The highest BCUT2D eigenvalue weighted by Crippen LogP contribution is 2.07. The van der Waals surface area contributed by atoms with E-state index in [0.29, 0.717) is 25.2 Å². The predicted octanol–water partition coefficient (Wildman–Crippen LogP) is 2.07. The molecule has 7 heteroatoms. The molecule has 0 saturated carbocycles. The number of nitrogens with one attached hydrogen (secondary N) is 2. The van der Waals surface area contributed by atoms with Gasteiger partial charge >= 0.3 is 0 Å². The van der Waals surface area contributed by atoms with Gasteiger partial charge in [-0.1, -0.05) is 42.5 Å². The van der Waals surface area contributed by atoms with Gasteiger partial charge in [-0.2, -0.15) is 5.10 Å². The van der Waals surface area contributed by atoms with Crippen LogP contribution in [0, 0.1) is 6.92 Å². The number of carbonyl (C=O) groups is 2. The minimum absolute atomic E-state index is 0.100. The van der Waals surface area contributed by atoms with Gasteiger partial charge in [0.1, 0.15) is 12.7 Å². The van der Waals surface area contributed by atoms with Crippen molar-refractivity contribution in [2.45, 2.75) is 26.4 Å². The van der Waals surface area contributed by atoms with Crippen molar-refractivity contribution in [2.75, 3.05) is 6.54 Å². The molecule has 3 aromatic rings. The Kier molecular flexibility index (Phi) is 6.51. The van der Waals surface area contributed by atoms with Crippen LogP contribution >= 0.6 is 0 Å². The number of aryl methyl sites for hydroxylation is 1. The minimum Gasteiger partial charge on any atom is -0.352 e. The molecule has 2 aromatic carbocycles. The number of carbonyl (C=O) groups excluding carboxylic acids is 2. The van der Waals surface area contributed by atoms with Crippen molar-refractivity contribution >= 4 is 11.8 Å². The minimum atomic E-state index is -0.158. The molecular formula is C21H23N5O2. The van der Waals surface area contributed by atoms with Crippen LogP contribution in [0.2, 0.25) is 0 Å². The summed E-state index contributed by atoms with van der Waals surface area (Å²) in [5, 5.41) is 9.73. The van der Waals surface area contributed by atoms with E-state index in [1.54, 1.807) is 17.1 Å². The van der Waals surface area contributed by atoms with Gasteiger partial charge < -0.3 is 10.6 Å². The standard InChI is InChI=1S/C21H23N5O2/c1-16-4-2-3-5-19(16)21(28)23-11-10-20(27)24-12-17-6-8-18(9-7-17)13-26-15-22-14-25-26/h2-9,14-15H,10-13H2,1H3,(H,23,28)(H,24,27). The summed E-state index contributed by atoms with van der Waals surface area (Å²) in [7, 11) is 0. The van der Waals surface area contributed by atoms with E-state index >= 15 is 0 Å². The van der Waals surface area contributed by atoms with Crippen LogP contribution in [-0.4, -0.2) is 33.1 Å². The van der Waals surface area contributed by atoms with Crippen molar-refractivity contribution in [1.82, 2.24) is 25.4 Å². The molecule has 1 heterocycles. The Morgan fingerprint density at radius 3 is 2.46 bits per heavy atom. The van der Waals surface area contributed by atoms with Crippen molar-refractivity contribution in [1.29, 1.82) is 0 Å². The maximum Gasteiger partial charge on any atom is 0.251 e. The van der Waals surface area contributed by atoms with E-state index in [4.69, 9.17) is 0 Å². The summed E-state index contributed by atoms with van der Waals surface area (Å²) in [6.45, 7) is 3.30. The molecule has 0 fully saturated rings. The third-order valence-corrected chi connectivity index (χ3v) is 4.35. The van der Waals surface area contributed by atoms with E-state index < -0.39 is 0 Å². The van der Waals surface area contributed by atoms with E-state index in [9.17, 15) is 9.59 Å². The lowest BCUT2D eigenvalue weighted by Crippen LogP contribution is -2.30. The highest BCUT2D eigenvalue weighted by Gasteiger charge is 2.08. The first-order chi connectivity index (χ1) is 13.6. The third kappa shape index (κ3) is 5.51. The Morgan fingerprint density at radius 2 is 1.75 bits per heavy atom. The van der Waals surface area contributed by atoms with Crippen LogP contribution in [0.15, 0.2) is 61.2 Å². The molecule has 0 atom stereocenters. The predicted molar refractivity (Wildman–Crippen MR) is 106 cm³/mol. The Morgan fingerprint density at radius 1 is 1.00 bits per heavy atom. The number of hydrogen-bond acceptors (Lipinski definition) is 4. The zero-order valence-corrected chi connectivity index (χ0v) is 15.8. The van der Waals surface area contributed by atoms with Gasteiger partial charge in [0.15, 0.2) is 0 Å². The van der Waals surface area contributed by atoms with Gasteiger partial charge in [0.05, 0.1) is 6.54 Å². The molecule has 0 radical (unpaired) electrons. The average Bonchev–Trinajstić information content (AvgIpc) is 3.21. The lowest BCUT2D eigenvalue weighted by Gasteiger charge is -2.09. The van der Waals surface area contributed by atoms with Gasteiger partial charge in [-0.25, -0.2) is 9.67 Å². The van der Waals surface area contributed by atoms with Gasteiger partial charge in [0.2, 0.25) is 5.91 Å². The zero-order valence-electron chi connectivity index (χ0n) is 15.8. The number of hydrogen-bond donors (Lipinski definition) is 2. The van der Waals surface area contributed by atoms with Gasteiger partial charge in [0.25, 0.3) is 5.91 Å². The van der Waals surface area contributed by atoms with Crippen LogP contribution in [0.3, 0.4) is 0 Å². The van der Waals surface area contributed by atoms with E-state index in [0.717, 1.165) is 16.7 Å². The molecule has 0 saturated heterocycles. The quantitative estimate of drug-likeness (QED) is 0.629. The van der Waals surface area contributed by atoms with Crippen LogP contribution in [0.4, 0.5) is 0 Å². The molecule has 2 N–H and O–H groups in total. The van der Waals surface area contributed by atoms with Crippen molar-refractivity contribution in [3.8, 4) is 0 Å². The van der Waals surface area contributed by atoms with Crippen LogP contribution in [0.5, 0.6) is 0 Å². The van der Waals surface area contributed by atoms with Crippen LogP contribution in [-0.2, 0) is 17.9 Å². The molecule has 2 amide bonds. The van der Waals surface area contributed by atoms with E-state index in [1.165, 1.54) is 6.33 Å². The molecule has 0 aliphatic carbocycles. The molecule has 1 aromatic heterocycles. The average molecular weight is 377 g/mol. The molecule has 0 unspecified atom stereocenters. The molecule has 7 nitrogen and oxygen atoms in total. The second-order valence-electron chi connectivity index (χ2n) is 6.51. The Balaban J connectivity index is 1.38. The SMILES string of the molecule is Cc1ccccc1C(=O)NCCC(=O)NCc1ccc(Cn2cncn2)cc1. The van der Waals surface area contributed by atoms with E-state index in [-0.39, 0.29) is 18.2 Å². The van der Waals surface area contributed by atoms with Crippen LogP contribution < -0.4 is 10.6 Å². The second kappa shape index (κ2) is 9.45. The summed E-state index contributed by atoms with van der Waals surface area (Å²) < 4.78 is 1.75. The number of amides is 2. The van der Waals surface area contributed by atoms with Crippen LogP contribution in [0.25, 0.3) is 0 Å². The normalized spacial score (nSPS) is 10.5. The van der Waals surface area contributed by atoms with Crippen molar-refractivity contribution in [3.63, 3.8) is 0 Å². The number of rotatable bonds is 8. The largest absolute Gasteiger partial charge is 0.352 e. The van der Waals surface area contributed by atoms with E-state index in [2.05, 4.69) is 20.7 Å². The highest BCUT2D eigenvalue weighted by atomic mass is 16.2. The van der Waals surface area contributed by atoms with Gasteiger partial charge in [-0.3, -0.25) is 9.59 Å². The van der Waals surface area contributed by atoms with Gasteiger partial charge in [0, 0.05) is 25.1 Å². The fraction of sp³-hybridized carbons (Fsp3) is 0.238. The molecule has 3 rings (SSSR count). The molecular weight excluding hydrogens is 354 g/mol. The Hall–Kier alpha value is -3.48. The van der Waals surface area contributed by atoms with Crippen molar-refractivity contribution in [3.05, 3.63) is 83.4 Å². The summed E-state index contributed by atoms with van der Waals surface area (Å²) in [5.41, 5.74) is 3.67. The highest BCUT2D eigenvalue weighted by molar-refractivity contribution is 5.95. The summed E-state index contributed by atoms with van der Waals surface area (Å²) in [4.78, 5) is 28.0. The summed E-state index contributed by atoms with van der Waals surface area (Å²) in [5.74, 6) is -0.259. The monoisotopic (exact) mass is 377 g/mol. The first-order valence-electron chi connectivity index (χ1n) is 9.12. The second-order valence-corrected chi connectivity index (χ2v) is 6.51. The number of aromatic nitrogens is 3. The Labute approximate surface area is 163 Å². The molecule has 0 aliphatic heterocycles. The molecule has 0 aliphatic rings. The smallest absolute Gasteiger partial charge is 0.251 e. The van der Waals surface area contributed by atoms with Gasteiger partial charge in [-0.15, -0.1) is 0 Å². The number of benzene rings is 2. The zero-order chi connectivity index (χ0) is 19.8. The first-order valence-corrected chi connectivity index (χ1v) is 9.12. The first kappa shape index (κ1) is 19.3.